The minimum absolute atomic E-state index is 0.00812. The van der Waals surface area contributed by atoms with Gasteiger partial charge >= 0.3 is 6.09 Å². The summed E-state index contributed by atoms with van der Waals surface area (Å²) in [5, 5.41) is 13.1. The molecule has 1 aliphatic rings. The van der Waals surface area contributed by atoms with E-state index in [9.17, 15) is 9.18 Å². The van der Waals surface area contributed by atoms with Gasteiger partial charge in [0.15, 0.2) is 17.5 Å². The molecule has 0 saturated carbocycles. The molecule has 3 N–H and O–H groups in total. The predicted octanol–water partition coefficient (Wildman–Crippen LogP) is 3.50. The number of hydrogen-bond donors (Lipinski definition) is 3. The van der Waals surface area contributed by atoms with E-state index in [1.165, 1.54) is 0 Å². The van der Waals surface area contributed by atoms with Crippen molar-refractivity contribution in [3.63, 3.8) is 0 Å². The first-order valence-corrected chi connectivity index (χ1v) is 9.14. The van der Waals surface area contributed by atoms with Crippen molar-refractivity contribution >= 4 is 23.7 Å². The topological polar surface area (TPSA) is 108 Å². The zero-order valence-corrected chi connectivity index (χ0v) is 17.0. The number of H-pyrrole nitrogens is 1. The molecule has 3 heterocycles. The number of nitrogens with zero attached hydrogens (tertiary/aromatic N) is 4. The van der Waals surface area contributed by atoms with E-state index in [2.05, 4.69) is 30.8 Å². The van der Waals surface area contributed by atoms with E-state index in [-0.39, 0.29) is 12.4 Å². The van der Waals surface area contributed by atoms with E-state index in [4.69, 9.17) is 4.74 Å². The summed E-state index contributed by atoms with van der Waals surface area (Å²) in [5.41, 5.74) is 0.278. The summed E-state index contributed by atoms with van der Waals surface area (Å²) in [4.78, 5) is 22.3. The lowest BCUT2D eigenvalue weighted by Gasteiger charge is -2.33. The van der Waals surface area contributed by atoms with Crippen molar-refractivity contribution in [2.45, 2.75) is 59.2 Å². The molecule has 0 aromatic carbocycles. The molecule has 3 rings (SSSR count). The summed E-state index contributed by atoms with van der Waals surface area (Å²) in [6.07, 6.45) is 0.674. The molecule has 0 bridgehead atoms. The third-order valence-electron chi connectivity index (χ3n) is 4.40. The number of aromatic amines is 1. The Balaban J connectivity index is 1.87. The van der Waals surface area contributed by atoms with Gasteiger partial charge in [-0.05, 0) is 41.5 Å². The number of nitrogens with one attached hydrogen (secondary N) is 3. The van der Waals surface area contributed by atoms with E-state index in [1.54, 1.807) is 4.90 Å². The van der Waals surface area contributed by atoms with Crippen molar-refractivity contribution in [2.75, 3.05) is 17.2 Å². The monoisotopic (exact) mass is 391 g/mol. The number of rotatable bonds is 4. The summed E-state index contributed by atoms with van der Waals surface area (Å²) < 4.78 is 19.7. The first-order valence-electron chi connectivity index (χ1n) is 9.14. The van der Waals surface area contributed by atoms with Crippen LogP contribution in [0, 0.1) is 5.82 Å². The van der Waals surface area contributed by atoms with Gasteiger partial charge in [0.1, 0.15) is 5.60 Å². The summed E-state index contributed by atoms with van der Waals surface area (Å²) in [5.74, 6) is 0.136. The number of carbonyl (C=O) groups is 1. The molecule has 2 aromatic rings. The molecule has 0 unspecified atom stereocenters. The van der Waals surface area contributed by atoms with Gasteiger partial charge in [-0.15, -0.1) is 0 Å². The van der Waals surface area contributed by atoms with Gasteiger partial charge in [0.2, 0.25) is 5.95 Å². The van der Waals surface area contributed by atoms with Gasteiger partial charge < -0.3 is 15.4 Å². The fourth-order valence-corrected chi connectivity index (χ4v) is 3.04. The standard InChI is InChI=1S/C18H26FN7O2/c1-7-20-15-21-8-11(19)14(23-15)22-13-10-9-26(16(27)28-17(2,3)4)18(5,6)12(10)24-25-13/h8H,7,9H2,1-6H3,(H3,20,21,22,23,24,25). The molecule has 0 aliphatic carbocycles. The molecular formula is C18H26FN7O2. The Kier molecular flexibility index (Phi) is 4.90. The third-order valence-corrected chi connectivity index (χ3v) is 4.40. The first kappa shape index (κ1) is 19.8. The van der Waals surface area contributed by atoms with Crippen LogP contribution in [0.25, 0.3) is 0 Å². The Morgan fingerprint density at radius 3 is 2.75 bits per heavy atom. The van der Waals surface area contributed by atoms with Gasteiger partial charge in [0, 0.05) is 12.1 Å². The number of hydrogen-bond acceptors (Lipinski definition) is 7. The zero-order chi connectivity index (χ0) is 20.7. The van der Waals surface area contributed by atoms with E-state index in [0.717, 1.165) is 17.5 Å². The van der Waals surface area contributed by atoms with Gasteiger partial charge in [-0.2, -0.15) is 10.1 Å². The highest BCUT2D eigenvalue weighted by Crippen LogP contribution is 2.41. The number of halogens is 1. The highest BCUT2D eigenvalue weighted by atomic mass is 19.1. The Hall–Kier alpha value is -2.91. The van der Waals surface area contributed by atoms with Gasteiger partial charge in [-0.25, -0.2) is 14.2 Å². The van der Waals surface area contributed by atoms with Gasteiger partial charge in [0.05, 0.1) is 24.0 Å². The van der Waals surface area contributed by atoms with Crippen molar-refractivity contribution in [2.24, 2.45) is 0 Å². The summed E-state index contributed by atoms with van der Waals surface area (Å²) in [6, 6.07) is 0. The highest BCUT2D eigenvalue weighted by Gasteiger charge is 2.45. The van der Waals surface area contributed by atoms with E-state index >= 15 is 0 Å². The Bertz CT molecular complexity index is 889. The SMILES string of the molecule is CCNc1ncc(F)c(Nc2n[nH]c3c2CN(C(=O)OC(C)(C)C)C3(C)C)n1. The van der Waals surface area contributed by atoms with Crippen LogP contribution in [0.5, 0.6) is 0 Å². The molecular weight excluding hydrogens is 365 g/mol. The highest BCUT2D eigenvalue weighted by molar-refractivity contribution is 5.72. The lowest BCUT2D eigenvalue weighted by molar-refractivity contribution is 0.00452. The van der Waals surface area contributed by atoms with Crippen molar-refractivity contribution in [3.8, 4) is 0 Å². The molecule has 0 atom stereocenters. The minimum atomic E-state index is -0.649. The second-order valence-corrected chi connectivity index (χ2v) is 8.10. The molecule has 28 heavy (non-hydrogen) atoms. The Morgan fingerprint density at radius 2 is 2.11 bits per heavy atom. The van der Waals surface area contributed by atoms with Crippen molar-refractivity contribution in [1.82, 2.24) is 25.1 Å². The molecule has 1 aliphatic heterocycles. The van der Waals surface area contributed by atoms with Gasteiger partial charge in [0.25, 0.3) is 0 Å². The largest absolute Gasteiger partial charge is 0.444 e. The Morgan fingerprint density at radius 1 is 1.39 bits per heavy atom. The molecule has 9 nitrogen and oxygen atoms in total. The number of fused-ring (bicyclic) bond motifs is 1. The molecule has 10 heteroatoms. The van der Waals surface area contributed by atoms with E-state index in [1.807, 2.05) is 41.5 Å². The maximum Gasteiger partial charge on any atom is 0.411 e. The molecule has 1 amide bonds. The van der Waals surface area contributed by atoms with E-state index in [0.29, 0.717) is 18.3 Å². The van der Waals surface area contributed by atoms with E-state index < -0.39 is 23.1 Å². The molecule has 0 fully saturated rings. The van der Waals surface area contributed by atoms with Crippen LogP contribution in [0.4, 0.5) is 26.8 Å². The number of aromatic nitrogens is 4. The maximum absolute atomic E-state index is 14.2. The lowest BCUT2D eigenvalue weighted by Crippen LogP contribution is -2.43. The molecule has 152 valence electrons. The Labute approximate surface area is 163 Å². The lowest BCUT2D eigenvalue weighted by atomic mass is 10.0. The number of anilines is 3. The summed E-state index contributed by atoms with van der Waals surface area (Å²) in [7, 11) is 0. The number of amides is 1. The maximum atomic E-state index is 14.2. The second kappa shape index (κ2) is 6.92. The van der Waals surface area contributed by atoms with Crippen LogP contribution in [0.2, 0.25) is 0 Å². The van der Waals surface area contributed by atoms with Crippen molar-refractivity contribution in [3.05, 3.63) is 23.3 Å². The molecule has 0 spiro atoms. The van der Waals surface area contributed by atoms with Crippen LogP contribution in [-0.2, 0) is 16.8 Å². The fraction of sp³-hybridized carbons (Fsp3) is 0.556. The average Bonchev–Trinajstić information content (AvgIpc) is 3.08. The van der Waals surface area contributed by atoms with Gasteiger partial charge in [-0.1, -0.05) is 0 Å². The quantitative estimate of drug-likeness (QED) is 0.732. The van der Waals surface area contributed by atoms with Crippen LogP contribution in [0.1, 0.15) is 52.8 Å². The average molecular weight is 391 g/mol. The minimum Gasteiger partial charge on any atom is -0.444 e. The predicted molar refractivity (Wildman–Crippen MR) is 103 cm³/mol. The number of ether oxygens (including phenoxy) is 1. The normalized spacial score (nSPS) is 15.3. The van der Waals surface area contributed by atoms with Crippen molar-refractivity contribution in [1.29, 1.82) is 0 Å². The van der Waals surface area contributed by atoms with Crippen LogP contribution in [0.15, 0.2) is 6.20 Å². The number of carbonyl (C=O) groups excluding carboxylic acids is 1. The fourth-order valence-electron chi connectivity index (χ4n) is 3.04. The van der Waals surface area contributed by atoms with Crippen LogP contribution in [-0.4, -0.2) is 43.3 Å². The van der Waals surface area contributed by atoms with Gasteiger partial charge in [-0.3, -0.25) is 10.00 Å². The smallest absolute Gasteiger partial charge is 0.411 e. The first-order chi connectivity index (χ1) is 13.0. The summed E-state index contributed by atoms with van der Waals surface area (Å²) >= 11 is 0. The van der Waals surface area contributed by atoms with Crippen LogP contribution >= 0.6 is 0 Å². The van der Waals surface area contributed by atoms with Crippen LogP contribution in [0.3, 0.4) is 0 Å². The second-order valence-electron chi connectivity index (χ2n) is 8.10. The molecule has 0 radical (unpaired) electrons. The zero-order valence-electron chi connectivity index (χ0n) is 17.0. The third kappa shape index (κ3) is 3.71. The van der Waals surface area contributed by atoms with Crippen LogP contribution < -0.4 is 10.6 Å². The van der Waals surface area contributed by atoms with Crippen molar-refractivity contribution < 1.29 is 13.9 Å². The molecule has 0 saturated heterocycles. The summed E-state index contributed by atoms with van der Waals surface area (Å²) in [6.45, 7) is 12.1. The molecule has 2 aromatic heterocycles.